The van der Waals surface area contributed by atoms with Crippen molar-refractivity contribution in [1.29, 1.82) is 0 Å². The Morgan fingerprint density at radius 2 is 1.88 bits per heavy atom. The molecule has 0 unspecified atom stereocenters. The first-order chi connectivity index (χ1) is 12.6. The molecule has 1 heterocycles. The number of amides is 1. The summed E-state index contributed by atoms with van der Waals surface area (Å²) in [6, 6.07) is 17.3. The van der Waals surface area contributed by atoms with Gasteiger partial charge in [0, 0.05) is 24.6 Å². The number of nitrogens with zero attached hydrogens (tertiary/aromatic N) is 3. The Bertz CT molecular complexity index is 827. The van der Waals surface area contributed by atoms with E-state index < -0.39 is 0 Å². The van der Waals surface area contributed by atoms with E-state index in [1.807, 2.05) is 65.3 Å². The van der Waals surface area contributed by atoms with Crippen LogP contribution in [0, 0.1) is 0 Å². The highest BCUT2D eigenvalue weighted by molar-refractivity contribution is 5.92. The van der Waals surface area contributed by atoms with E-state index in [0.29, 0.717) is 13.1 Å². The third-order valence-electron chi connectivity index (χ3n) is 3.95. The molecular formula is C20H22N4O2. The first kappa shape index (κ1) is 17.7. The molecule has 0 bridgehead atoms. The molecule has 1 amide bonds. The SMILES string of the molecule is COc1ccc(NC(=O)CN(C)Cc2ccc(-n3cccn3)cc2)cc1. The number of methoxy groups -OCH3 is 1. The molecule has 0 saturated heterocycles. The highest BCUT2D eigenvalue weighted by atomic mass is 16.5. The number of benzene rings is 2. The fourth-order valence-corrected chi connectivity index (χ4v) is 2.66. The highest BCUT2D eigenvalue weighted by Crippen LogP contribution is 2.15. The third kappa shape index (κ3) is 4.70. The molecule has 1 N–H and O–H groups in total. The molecule has 6 heteroatoms. The van der Waals surface area contributed by atoms with E-state index in [-0.39, 0.29) is 5.91 Å². The molecule has 0 aliphatic rings. The van der Waals surface area contributed by atoms with Crippen LogP contribution in [0.15, 0.2) is 67.0 Å². The van der Waals surface area contributed by atoms with Gasteiger partial charge in [0.15, 0.2) is 0 Å². The molecule has 0 aliphatic heterocycles. The van der Waals surface area contributed by atoms with Gasteiger partial charge in [0.25, 0.3) is 0 Å². The summed E-state index contributed by atoms with van der Waals surface area (Å²) in [5.74, 6) is 0.713. The standard InChI is InChI=1S/C20H22N4O2/c1-23(15-20(25)22-17-6-10-19(26-2)11-7-17)14-16-4-8-18(9-5-16)24-13-3-12-21-24/h3-13H,14-15H2,1-2H3,(H,22,25). The lowest BCUT2D eigenvalue weighted by Crippen LogP contribution is -2.29. The van der Waals surface area contributed by atoms with Crippen LogP contribution in [0.3, 0.4) is 0 Å². The van der Waals surface area contributed by atoms with Crippen LogP contribution in [-0.4, -0.2) is 41.3 Å². The van der Waals surface area contributed by atoms with Gasteiger partial charge in [0.1, 0.15) is 5.75 Å². The molecule has 2 aromatic carbocycles. The number of likely N-dealkylation sites (N-methyl/N-ethyl adjacent to an activating group) is 1. The monoisotopic (exact) mass is 350 g/mol. The average Bonchev–Trinajstić information content (AvgIpc) is 3.17. The van der Waals surface area contributed by atoms with Crippen LogP contribution in [0.25, 0.3) is 5.69 Å². The molecule has 0 spiro atoms. The van der Waals surface area contributed by atoms with E-state index in [0.717, 1.165) is 22.7 Å². The molecule has 134 valence electrons. The summed E-state index contributed by atoms with van der Waals surface area (Å²) in [5.41, 5.74) is 2.91. The number of aromatic nitrogens is 2. The Morgan fingerprint density at radius 3 is 2.50 bits per heavy atom. The zero-order chi connectivity index (χ0) is 18.4. The Hall–Kier alpha value is -3.12. The third-order valence-corrected chi connectivity index (χ3v) is 3.95. The number of ether oxygens (including phenoxy) is 1. The summed E-state index contributed by atoms with van der Waals surface area (Å²) in [6.45, 7) is 1.00. The normalized spacial score (nSPS) is 10.7. The van der Waals surface area contributed by atoms with Crippen LogP contribution in [0.1, 0.15) is 5.56 Å². The first-order valence-electron chi connectivity index (χ1n) is 8.35. The number of rotatable bonds is 7. The Morgan fingerprint density at radius 1 is 1.15 bits per heavy atom. The zero-order valence-corrected chi connectivity index (χ0v) is 14.9. The minimum absolute atomic E-state index is 0.0502. The summed E-state index contributed by atoms with van der Waals surface area (Å²) < 4.78 is 6.93. The molecule has 3 aromatic rings. The summed E-state index contributed by atoms with van der Waals surface area (Å²) in [6.07, 6.45) is 3.66. The van der Waals surface area contributed by atoms with E-state index in [1.54, 1.807) is 13.3 Å². The minimum atomic E-state index is -0.0502. The average molecular weight is 350 g/mol. The Kier molecular flexibility index (Phi) is 5.66. The maximum Gasteiger partial charge on any atom is 0.238 e. The van der Waals surface area contributed by atoms with Gasteiger partial charge in [-0.15, -0.1) is 0 Å². The summed E-state index contributed by atoms with van der Waals surface area (Å²) in [7, 11) is 3.54. The summed E-state index contributed by atoms with van der Waals surface area (Å²) >= 11 is 0. The lowest BCUT2D eigenvalue weighted by atomic mass is 10.2. The van der Waals surface area contributed by atoms with Crippen molar-refractivity contribution in [2.24, 2.45) is 0 Å². The van der Waals surface area contributed by atoms with Gasteiger partial charge in [0.05, 0.1) is 19.3 Å². The lowest BCUT2D eigenvalue weighted by Gasteiger charge is -2.16. The van der Waals surface area contributed by atoms with Gasteiger partial charge < -0.3 is 10.1 Å². The topological polar surface area (TPSA) is 59.4 Å². The van der Waals surface area contributed by atoms with Crippen molar-refractivity contribution >= 4 is 11.6 Å². The maximum absolute atomic E-state index is 12.2. The molecule has 0 radical (unpaired) electrons. The minimum Gasteiger partial charge on any atom is -0.497 e. The van der Waals surface area contributed by atoms with Crippen molar-refractivity contribution in [3.63, 3.8) is 0 Å². The molecule has 0 atom stereocenters. The van der Waals surface area contributed by atoms with E-state index in [1.165, 1.54) is 0 Å². The Labute approximate surface area is 153 Å². The fourth-order valence-electron chi connectivity index (χ4n) is 2.66. The van der Waals surface area contributed by atoms with Crippen LogP contribution in [-0.2, 0) is 11.3 Å². The van der Waals surface area contributed by atoms with Crippen molar-refractivity contribution in [2.75, 3.05) is 26.0 Å². The number of hydrogen-bond donors (Lipinski definition) is 1. The van der Waals surface area contributed by atoms with Crippen LogP contribution in [0.4, 0.5) is 5.69 Å². The van der Waals surface area contributed by atoms with Crippen LogP contribution in [0.5, 0.6) is 5.75 Å². The number of carbonyl (C=O) groups excluding carboxylic acids is 1. The number of anilines is 1. The van der Waals surface area contributed by atoms with Gasteiger partial charge in [-0.3, -0.25) is 9.69 Å². The van der Waals surface area contributed by atoms with Gasteiger partial charge in [-0.05, 0) is 55.1 Å². The van der Waals surface area contributed by atoms with E-state index in [2.05, 4.69) is 22.5 Å². The second-order valence-electron chi connectivity index (χ2n) is 6.07. The molecular weight excluding hydrogens is 328 g/mol. The number of nitrogens with one attached hydrogen (secondary N) is 1. The van der Waals surface area contributed by atoms with Crippen molar-refractivity contribution in [1.82, 2.24) is 14.7 Å². The van der Waals surface area contributed by atoms with Gasteiger partial charge in [-0.2, -0.15) is 5.10 Å². The highest BCUT2D eigenvalue weighted by Gasteiger charge is 2.08. The van der Waals surface area contributed by atoms with E-state index >= 15 is 0 Å². The van der Waals surface area contributed by atoms with Crippen LogP contribution in [0.2, 0.25) is 0 Å². The van der Waals surface area contributed by atoms with Gasteiger partial charge in [-0.1, -0.05) is 12.1 Å². The molecule has 0 aliphatic carbocycles. The first-order valence-corrected chi connectivity index (χ1v) is 8.35. The van der Waals surface area contributed by atoms with Crippen LogP contribution >= 0.6 is 0 Å². The van der Waals surface area contributed by atoms with Gasteiger partial charge in [-0.25, -0.2) is 4.68 Å². The van der Waals surface area contributed by atoms with Crippen molar-refractivity contribution < 1.29 is 9.53 Å². The molecule has 26 heavy (non-hydrogen) atoms. The molecule has 3 rings (SSSR count). The molecule has 1 aromatic heterocycles. The van der Waals surface area contributed by atoms with Crippen molar-refractivity contribution in [3.8, 4) is 11.4 Å². The quantitative estimate of drug-likeness (QED) is 0.712. The van der Waals surface area contributed by atoms with Crippen molar-refractivity contribution in [2.45, 2.75) is 6.54 Å². The lowest BCUT2D eigenvalue weighted by molar-refractivity contribution is -0.117. The van der Waals surface area contributed by atoms with Crippen molar-refractivity contribution in [3.05, 3.63) is 72.6 Å². The predicted molar refractivity (Wildman–Crippen MR) is 102 cm³/mol. The second kappa shape index (κ2) is 8.31. The fraction of sp³-hybridized carbons (Fsp3) is 0.200. The molecule has 6 nitrogen and oxygen atoms in total. The predicted octanol–water partition coefficient (Wildman–Crippen LogP) is 2.95. The summed E-state index contributed by atoms with van der Waals surface area (Å²) in [5, 5.41) is 7.10. The number of carbonyl (C=O) groups is 1. The van der Waals surface area contributed by atoms with E-state index in [9.17, 15) is 4.79 Å². The maximum atomic E-state index is 12.2. The zero-order valence-electron chi connectivity index (χ0n) is 14.9. The van der Waals surface area contributed by atoms with Crippen LogP contribution < -0.4 is 10.1 Å². The second-order valence-corrected chi connectivity index (χ2v) is 6.07. The summed E-state index contributed by atoms with van der Waals surface area (Å²) in [4.78, 5) is 14.2. The molecule has 0 fully saturated rings. The number of hydrogen-bond acceptors (Lipinski definition) is 4. The van der Waals surface area contributed by atoms with Gasteiger partial charge in [0.2, 0.25) is 5.91 Å². The molecule has 0 saturated carbocycles. The van der Waals surface area contributed by atoms with Gasteiger partial charge >= 0.3 is 0 Å². The van der Waals surface area contributed by atoms with E-state index in [4.69, 9.17) is 4.74 Å². The Balaban J connectivity index is 1.51. The smallest absolute Gasteiger partial charge is 0.238 e. The largest absolute Gasteiger partial charge is 0.497 e.